The van der Waals surface area contributed by atoms with Crippen LogP contribution in [0.2, 0.25) is 0 Å². The van der Waals surface area contributed by atoms with Crippen LogP contribution in [0.25, 0.3) is 0 Å². The van der Waals surface area contributed by atoms with E-state index in [1.807, 2.05) is 6.92 Å². The van der Waals surface area contributed by atoms with Gasteiger partial charge in [0.05, 0.1) is 39.6 Å². The van der Waals surface area contributed by atoms with Gasteiger partial charge in [-0.2, -0.15) is 0 Å². The monoisotopic (exact) mass is 294 g/mol. The number of carboxylic acid groups (broad SMARTS) is 1. The number of carboxylic acids is 1. The van der Waals surface area contributed by atoms with Crippen LogP contribution in [0, 0.1) is 0 Å². The van der Waals surface area contributed by atoms with Gasteiger partial charge in [0.2, 0.25) is 0 Å². The Balaban J connectivity index is 2.94. The van der Waals surface area contributed by atoms with Crippen LogP contribution >= 0.6 is 0 Å². The number of rotatable bonds is 16. The molecule has 0 saturated heterocycles. The highest BCUT2D eigenvalue weighted by molar-refractivity contribution is 5.67. The van der Waals surface area contributed by atoms with Crippen LogP contribution in [0.15, 0.2) is 0 Å². The molecule has 0 aromatic rings. The zero-order valence-corrected chi connectivity index (χ0v) is 12.2. The molecule has 7 nitrogen and oxygen atoms in total. The quantitative estimate of drug-likeness (QED) is 0.416. The molecule has 0 aliphatic heterocycles. The van der Waals surface area contributed by atoms with Crippen molar-refractivity contribution < 1.29 is 33.6 Å². The van der Waals surface area contributed by atoms with Gasteiger partial charge in [0.1, 0.15) is 6.61 Å². The van der Waals surface area contributed by atoms with E-state index in [1.54, 1.807) is 0 Å². The molecule has 0 rings (SSSR count). The van der Waals surface area contributed by atoms with E-state index < -0.39 is 5.97 Å². The predicted molar refractivity (Wildman–Crippen MR) is 72.0 cm³/mol. The summed E-state index contributed by atoms with van der Waals surface area (Å²) < 4.78 is 25.8. The Morgan fingerprint density at radius 1 is 0.750 bits per heavy atom. The predicted octanol–water partition coefficient (Wildman–Crippen LogP) is 0.564. The van der Waals surface area contributed by atoms with Crippen molar-refractivity contribution in [2.75, 3.05) is 66.1 Å². The summed E-state index contributed by atoms with van der Waals surface area (Å²) in [6, 6.07) is 0. The topological polar surface area (TPSA) is 83.5 Å². The van der Waals surface area contributed by atoms with E-state index in [4.69, 9.17) is 28.8 Å². The van der Waals surface area contributed by atoms with Gasteiger partial charge in [0, 0.05) is 19.8 Å². The van der Waals surface area contributed by atoms with Crippen LogP contribution in [-0.2, 0) is 28.5 Å². The summed E-state index contributed by atoms with van der Waals surface area (Å²) in [7, 11) is 0. The van der Waals surface area contributed by atoms with Crippen molar-refractivity contribution >= 4 is 5.97 Å². The van der Waals surface area contributed by atoms with E-state index in [-0.39, 0.29) is 6.61 Å². The van der Waals surface area contributed by atoms with Crippen LogP contribution in [0.4, 0.5) is 0 Å². The zero-order valence-electron chi connectivity index (χ0n) is 12.2. The van der Waals surface area contributed by atoms with Gasteiger partial charge < -0.3 is 28.8 Å². The van der Waals surface area contributed by atoms with Gasteiger partial charge in [-0.1, -0.05) is 0 Å². The molecule has 0 aliphatic rings. The van der Waals surface area contributed by atoms with Crippen molar-refractivity contribution in [3.63, 3.8) is 0 Å². The first-order chi connectivity index (χ1) is 9.77. The first kappa shape index (κ1) is 19.3. The molecule has 20 heavy (non-hydrogen) atoms. The SMILES string of the molecule is CCOCCOCCOCCOCCCOCC(=O)O. The summed E-state index contributed by atoms with van der Waals surface area (Å²) in [4.78, 5) is 10.1. The standard InChI is InChI=1S/C13H26O7/c1-2-16-6-7-18-10-11-19-9-8-17-4-3-5-20-12-13(14)15/h2-12H2,1H3,(H,14,15). The summed E-state index contributed by atoms with van der Waals surface area (Å²) in [6.45, 7) is 6.64. The second-order valence-electron chi connectivity index (χ2n) is 3.83. The highest BCUT2D eigenvalue weighted by Crippen LogP contribution is 1.87. The van der Waals surface area contributed by atoms with Crippen molar-refractivity contribution in [1.82, 2.24) is 0 Å². The molecule has 7 heteroatoms. The van der Waals surface area contributed by atoms with Crippen LogP contribution < -0.4 is 0 Å². The molecule has 0 bridgehead atoms. The molecular weight excluding hydrogens is 268 g/mol. The minimum atomic E-state index is -0.956. The van der Waals surface area contributed by atoms with Gasteiger partial charge in [-0.15, -0.1) is 0 Å². The van der Waals surface area contributed by atoms with E-state index in [0.29, 0.717) is 65.9 Å². The molecule has 0 fully saturated rings. The van der Waals surface area contributed by atoms with Gasteiger partial charge in [-0.3, -0.25) is 0 Å². The van der Waals surface area contributed by atoms with E-state index in [1.165, 1.54) is 0 Å². The maximum atomic E-state index is 10.1. The number of aliphatic carboxylic acids is 1. The fourth-order valence-electron chi connectivity index (χ4n) is 1.23. The minimum Gasteiger partial charge on any atom is -0.480 e. The molecule has 0 spiro atoms. The minimum absolute atomic E-state index is 0.258. The Kier molecular flexibility index (Phi) is 15.7. The molecule has 0 aliphatic carbocycles. The third-order valence-electron chi connectivity index (χ3n) is 2.12. The average Bonchev–Trinajstić information content (AvgIpc) is 2.43. The summed E-state index contributed by atoms with van der Waals surface area (Å²) >= 11 is 0. The summed E-state index contributed by atoms with van der Waals surface area (Å²) in [6.07, 6.45) is 0.674. The van der Waals surface area contributed by atoms with Crippen molar-refractivity contribution in [2.45, 2.75) is 13.3 Å². The van der Waals surface area contributed by atoms with E-state index >= 15 is 0 Å². The third kappa shape index (κ3) is 17.3. The average molecular weight is 294 g/mol. The second-order valence-corrected chi connectivity index (χ2v) is 3.83. The van der Waals surface area contributed by atoms with E-state index in [9.17, 15) is 4.79 Å². The van der Waals surface area contributed by atoms with Gasteiger partial charge in [-0.25, -0.2) is 4.79 Å². The first-order valence-electron chi connectivity index (χ1n) is 6.88. The van der Waals surface area contributed by atoms with Gasteiger partial charge in [-0.05, 0) is 13.3 Å². The highest BCUT2D eigenvalue weighted by atomic mass is 16.6. The molecule has 120 valence electrons. The largest absolute Gasteiger partial charge is 0.480 e. The number of ether oxygens (including phenoxy) is 5. The third-order valence-corrected chi connectivity index (χ3v) is 2.12. The fourth-order valence-corrected chi connectivity index (χ4v) is 1.23. The smallest absolute Gasteiger partial charge is 0.329 e. The molecule has 0 unspecified atom stereocenters. The Bertz CT molecular complexity index is 211. The molecule has 1 N–H and O–H groups in total. The van der Waals surface area contributed by atoms with E-state index in [2.05, 4.69) is 0 Å². The van der Waals surface area contributed by atoms with Gasteiger partial charge in [0.25, 0.3) is 0 Å². The molecule has 0 radical (unpaired) electrons. The normalized spacial score (nSPS) is 10.8. The Labute approximate surface area is 120 Å². The molecule has 0 aromatic heterocycles. The lowest BCUT2D eigenvalue weighted by Gasteiger charge is -2.07. The molecule has 0 heterocycles. The van der Waals surface area contributed by atoms with Crippen molar-refractivity contribution in [3.05, 3.63) is 0 Å². The lowest BCUT2D eigenvalue weighted by atomic mass is 10.5. The summed E-state index contributed by atoms with van der Waals surface area (Å²) in [5.41, 5.74) is 0. The summed E-state index contributed by atoms with van der Waals surface area (Å²) in [5.74, 6) is -0.956. The molecular formula is C13H26O7. The zero-order chi connectivity index (χ0) is 14.9. The van der Waals surface area contributed by atoms with Crippen molar-refractivity contribution in [3.8, 4) is 0 Å². The van der Waals surface area contributed by atoms with Crippen LogP contribution in [-0.4, -0.2) is 77.1 Å². The van der Waals surface area contributed by atoms with Crippen LogP contribution in [0.3, 0.4) is 0 Å². The fraction of sp³-hybridized carbons (Fsp3) is 0.923. The maximum Gasteiger partial charge on any atom is 0.329 e. The molecule has 0 amide bonds. The number of carbonyl (C=O) groups is 1. The van der Waals surface area contributed by atoms with Crippen molar-refractivity contribution in [1.29, 1.82) is 0 Å². The maximum absolute atomic E-state index is 10.1. The Morgan fingerprint density at radius 3 is 1.70 bits per heavy atom. The van der Waals surface area contributed by atoms with Gasteiger partial charge >= 0.3 is 5.97 Å². The lowest BCUT2D eigenvalue weighted by Crippen LogP contribution is -2.13. The Morgan fingerprint density at radius 2 is 1.20 bits per heavy atom. The summed E-state index contributed by atoms with van der Waals surface area (Å²) in [5, 5.41) is 8.33. The highest BCUT2D eigenvalue weighted by Gasteiger charge is 1.96. The molecule has 0 atom stereocenters. The van der Waals surface area contributed by atoms with Crippen molar-refractivity contribution in [2.24, 2.45) is 0 Å². The van der Waals surface area contributed by atoms with Gasteiger partial charge in [0.15, 0.2) is 0 Å². The number of hydrogen-bond acceptors (Lipinski definition) is 6. The van der Waals surface area contributed by atoms with Crippen LogP contribution in [0.1, 0.15) is 13.3 Å². The Hall–Kier alpha value is -0.730. The van der Waals surface area contributed by atoms with E-state index in [0.717, 1.165) is 0 Å². The molecule has 0 saturated carbocycles. The lowest BCUT2D eigenvalue weighted by molar-refractivity contribution is -0.142. The number of hydrogen-bond donors (Lipinski definition) is 1. The van der Waals surface area contributed by atoms with Crippen LogP contribution in [0.5, 0.6) is 0 Å². The second kappa shape index (κ2) is 16.3. The first-order valence-corrected chi connectivity index (χ1v) is 6.88. The molecule has 0 aromatic carbocycles.